The first-order chi connectivity index (χ1) is 8.15. The zero-order valence-corrected chi connectivity index (χ0v) is 9.48. The topological polar surface area (TPSA) is 54.5 Å². The van der Waals surface area contributed by atoms with E-state index in [4.69, 9.17) is 0 Å². The minimum absolute atomic E-state index is 0.120. The predicted molar refractivity (Wildman–Crippen MR) is 59.6 cm³/mol. The van der Waals surface area contributed by atoms with Crippen LogP contribution in [0, 0.1) is 18.6 Å². The van der Waals surface area contributed by atoms with Crippen LogP contribution in [-0.4, -0.2) is 19.6 Å². The van der Waals surface area contributed by atoms with E-state index >= 15 is 0 Å². The van der Waals surface area contributed by atoms with Gasteiger partial charge in [-0.25, -0.2) is 13.8 Å². The molecule has 1 N–H and O–H groups in total. The molecule has 2 heterocycles. The van der Waals surface area contributed by atoms with E-state index in [-0.39, 0.29) is 5.52 Å². The number of hydrogen-bond acceptors (Lipinski definition) is 4. The van der Waals surface area contributed by atoms with E-state index < -0.39 is 11.6 Å². The second-order valence-corrected chi connectivity index (χ2v) is 4.31. The predicted octanol–water partition coefficient (Wildman–Crippen LogP) is 2.67. The van der Waals surface area contributed by atoms with E-state index in [0.29, 0.717) is 17.0 Å². The smallest absolute Gasteiger partial charge is 0.153 e. The molecule has 0 bridgehead atoms. The highest BCUT2D eigenvalue weighted by atomic mass is 32.1. The Labute approximate surface area is 98.5 Å². The fraction of sp³-hybridized carbons (Fsp3) is 0.100. The van der Waals surface area contributed by atoms with Gasteiger partial charge in [0.15, 0.2) is 11.6 Å². The van der Waals surface area contributed by atoms with Gasteiger partial charge in [0, 0.05) is 6.07 Å². The molecular formula is C10H6F2N4S. The van der Waals surface area contributed by atoms with E-state index in [1.54, 1.807) is 6.92 Å². The molecule has 17 heavy (non-hydrogen) atoms. The minimum atomic E-state index is -0.683. The first kappa shape index (κ1) is 10.3. The summed E-state index contributed by atoms with van der Waals surface area (Å²) in [5.41, 5.74) is 1.15. The Balaban J connectivity index is 2.27. The Morgan fingerprint density at radius 3 is 2.82 bits per heavy atom. The number of benzene rings is 1. The largest absolute Gasteiger partial charge is 0.337 e. The molecule has 0 atom stereocenters. The molecule has 0 aliphatic rings. The Bertz CT molecular complexity index is 703. The molecule has 0 saturated heterocycles. The monoisotopic (exact) mass is 252 g/mol. The van der Waals surface area contributed by atoms with Crippen molar-refractivity contribution in [3.05, 3.63) is 29.5 Å². The summed E-state index contributed by atoms with van der Waals surface area (Å²) in [6, 6.07) is 2.02. The van der Waals surface area contributed by atoms with Gasteiger partial charge in [-0.3, -0.25) is 0 Å². The van der Waals surface area contributed by atoms with E-state index in [9.17, 15) is 8.78 Å². The number of nitrogens with one attached hydrogen (secondary N) is 1. The van der Waals surface area contributed by atoms with Gasteiger partial charge in [-0.1, -0.05) is 4.49 Å². The molecule has 0 unspecified atom stereocenters. The third-order valence-electron chi connectivity index (χ3n) is 2.37. The maximum Gasteiger partial charge on any atom is 0.153 e. The van der Waals surface area contributed by atoms with E-state index in [0.717, 1.165) is 22.5 Å². The van der Waals surface area contributed by atoms with Gasteiger partial charge < -0.3 is 4.98 Å². The van der Waals surface area contributed by atoms with Crippen LogP contribution in [0.1, 0.15) is 5.69 Å². The van der Waals surface area contributed by atoms with Crippen molar-refractivity contribution in [2.45, 2.75) is 6.92 Å². The van der Waals surface area contributed by atoms with Crippen LogP contribution in [0.2, 0.25) is 0 Å². The third-order valence-corrected chi connectivity index (χ3v) is 3.21. The van der Waals surface area contributed by atoms with Gasteiger partial charge in [0.2, 0.25) is 0 Å². The van der Waals surface area contributed by atoms with Crippen LogP contribution < -0.4 is 0 Å². The summed E-state index contributed by atoms with van der Waals surface area (Å²) in [7, 11) is 0. The second-order valence-electron chi connectivity index (χ2n) is 3.56. The lowest BCUT2D eigenvalue weighted by Crippen LogP contribution is -1.81. The number of hydrogen-bond donors (Lipinski definition) is 1. The van der Waals surface area contributed by atoms with Crippen molar-refractivity contribution in [1.82, 2.24) is 19.6 Å². The van der Waals surface area contributed by atoms with E-state index in [1.165, 1.54) is 6.07 Å². The SMILES string of the molecule is Cc1nnsc1-c1nc2c(F)cc(F)cc2[nH]1. The van der Waals surface area contributed by atoms with Gasteiger partial charge in [0.25, 0.3) is 0 Å². The first-order valence-corrected chi connectivity index (χ1v) is 5.56. The van der Waals surface area contributed by atoms with Crippen molar-refractivity contribution < 1.29 is 8.78 Å². The van der Waals surface area contributed by atoms with Gasteiger partial charge in [0.05, 0.1) is 11.2 Å². The van der Waals surface area contributed by atoms with Crippen LogP contribution in [0.15, 0.2) is 12.1 Å². The van der Waals surface area contributed by atoms with E-state index in [1.807, 2.05) is 0 Å². The van der Waals surface area contributed by atoms with Gasteiger partial charge in [-0.15, -0.1) is 5.10 Å². The Morgan fingerprint density at radius 1 is 1.29 bits per heavy atom. The summed E-state index contributed by atoms with van der Waals surface area (Å²) >= 11 is 1.16. The Hall–Kier alpha value is -1.89. The molecule has 4 nitrogen and oxygen atoms in total. The van der Waals surface area contributed by atoms with Gasteiger partial charge in [-0.2, -0.15) is 0 Å². The maximum atomic E-state index is 13.5. The number of aromatic nitrogens is 4. The number of rotatable bonds is 1. The van der Waals surface area contributed by atoms with E-state index in [2.05, 4.69) is 19.6 Å². The fourth-order valence-electron chi connectivity index (χ4n) is 1.60. The van der Waals surface area contributed by atoms with Crippen molar-refractivity contribution in [2.24, 2.45) is 0 Å². The molecule has 0 saturated carbocycles. The van der Waals surface area contributed by atoms with Crippen molar-refractivity contribution in [2.75, 3.05) is 0 Å². The normalized spacial score (nSPS) is 11.2. The highest BCUT2D eigenvalue weighted by Gasteiger charge is 2.14. The average molecular weight is 252 g/mol. The molecule has 0 fully saturated rings. The minimum Gasteiger partial charge on any atom is -0.337 e. The average Bonchev–Trinajstić information content (AvgIpc) is 2.83. The first-order valence-electron chi connectivity index (χ1n) is 4.79. The van der Waals surface area contributed by atoms with Crippen molar-refractivity contribution in [3.8, 4) is 10.7 Å². The Morgan fingerprint density at radius 2 is 2.12 bits per heavy atom. The molecule has 0 aliphatic carbocycles. The number of aryl methyl sites for hydroxylation is 1. The highest BCUT2D eigenvalue weighted by molar-refractivity contribution is 7.09. The van der Waals surface area contributed by atoms with Crippen molar-refractivity contribution in [3.63, 3.8) is 0 Å². The molecule has 3 aromatic rings. The van der Waals surface area contributed by atoms with Crippen LogP contribution >= 0.6 is 11.5 Å². The molecule has 2 aromatic heterocycles. The van der Waals surface area contributed by atoms with Crippen molar-refractivity contribution in [1.29, 1.82) is 0 Å². The lowest BCUT2D eigenvalue weighted by Gasteiger charge is -1.90. The summed E-state index contributed by atoms with van der Waals surface area (Å²) in [6.07, 6.45) is 0. The van der Waals surface area contributed by atoms with Crippen LogP contribution in [-0.2, 0) is 0 Å². The summed E-state index contributed by atoms with van der Waals surface area (Å²) in [5.74, 6) is -0.862. The molecule has 0 amide bonds. The van der Waals surface area contributed by atoms with Crippen LogP contribution in [0.25, 0.3) is 21.7 Å². The number of halogens is 2. The quantitative estimate of drug-likeness (QED) is 0.724. The Kier molecular flexibility index (Phi) is 2.15. The van der Waals surface area contributed by atoms with Crippen LogP contribution in [0.5, 0.6) is 0 Å². The number of aromatic amines is 1. The summed E-state index contributed by atoms with van der Waals surface area (Å²) in [6.45, 7) is 1.78. The van der Waals surface area contributed by atoms with Gasteiger partial charge in [-0.05, 0) is 24.5 Å². The van der Waals surface area contributed by atoms with Crippen LogP contribution in [0.4, 0.5) is 8.78 Å². The summed E-state index contributed by atoms with van der Waals surface area (Å²) in [5, 5.41) is 3.84. The zero-order valence-electron chi connectivity index (χ0n) is 8.66. The van der Waals surface area contributed by atoms with Gasteiger partial charge >= 0.3 is 0 Å². The number of imidazole rings is 1. The lowest BCUT2D eigenvalue weighted by atomic mass is 10.3. The van der Waals surface area contributed by atoms with Crippen LogP contribution in [0.3, 0.4) is 0 Å². The molecule has 3 rings (SSSR count). The molecule has 0 spiro atoms. The molecule has 7 heteroatoms. The molecule has 1 aromatic carbocycles. The third kappa shape index (κ3) is 1.59. The summed E-state index contributed by atoms with van der Waals surface area (Å²) < 4.78 is 30.2. The number of H-pyrrole nitrogens is 1. The fourth-order valence-corrected chi connectivity index (χ4v) is 2.20. The second kappa shape index (κ2) is 3.56. The molecule has 0 radical (unpaired) electrons. The standard InChI is InChI=1S/C10H6F2N4S/c1-4-9(17-16-15-4)10-13-7-3-5(11)2-6(12)8(7)14-10/h2-3H,1H3,(H,13,14). The highest BCUT2D eigenvalue weighted by Crippen LogP contribution is 2.26. The maximum absolute atomic E-state index is 13.5. The molecule has 0 aliphatic heterocycles. The lowest BCUT2D eigenvalue weighted by molar-refractivity contribution is 0.591. The van der Waals surface area contributed by atoms with Crippen molar-refractivity contribution >= 4 is 22.6 Å². The number of fused-ring (bicyclic) bond motifs is 1. The van der Waals surface area contributed by atoms with Gasteiger partial charge in [0.1, 0.15) is 16.2 Å². The zero-order chi connectivity index (χ0) is 12.0. The molecular weight excluding hydrogens is 246 g/mol. The summed E-state index contributed by atoms with van der Waals surface area (Å²) in [4.78, 5) is 7.67. The number of nitrogens with zero attached hydrogens (tertiary/aromatic N) is 3. The molecule has 86 valence electrons.